The van der Waals surface area contributed by atoms with E-state index in [-0.39, 0.29) is 12.5 Å². The van der Waals surface area contributed by atoms with E-state index in [1.165, 1.54) is 0 Å². The van der Waals surface area contributed by atoms with Crippen LogP contribution in [-0.2, 0) is 16.1 Å². The van der Waals surface area contributed by atoms with E-state index >= 15 is 0 Å². The number of esters is 1. The van der Waals surface area contributed by atoms with Crippen LogP contribution < -0.4 is 5.73 Å². The van der Waals surface area contributed by atoms with Gasteiger partial charge in [0.05, 0.1) is 17.5 Å². The third-order valence-electron chi connectivity index (χ3n) is 4.45. The number of benzene rings is 1. The summed E-state index contributed by atoms with van der Waals surface area (Å²) in [6.45, 7) is 5.42. The molecule has 0 saturated heterocycles. The fourth-order valence-corrected chi connectivity index (χ4v) is 3.34. The van der Waals surface area contributed by atoms with Crippen molar-refractivity contribution in [2.45, 2.75) is 32.9 Å². The van der Waals surface area contributed by atoms with Gasteiger partial charge in [0.15, 0.2) is 0 Å². The molecular formula is C21H21N5O3. The molecule has 0 fully saturated rings. The molecule has 0 aliphatic rings. The van der Waals surface area contributed by atoms with Crippen LogP contribution in [0.5, 0.6) is 0 Å². The Balaban J connectivity index is 1.79. The lowest BCUT2D eigenvalue weighted by Crippen LogP contribution is -2.26. The van der Waals surface area contributed by atoms with Crippen molar-refractivity contribution in [3.63, 3.8) is 0 Å². The molecule has 8 heteroatoms. The first-order chi connectivity index (χ1) is 13.7. The molecule has 148 valence electrons. The second kappa shape index (κ2) is 6.73. The van der Waals surface area contributed by atoms with Crippen LogP contribution in [-0.4, -0.2) is 36.4 Å². The van der Waals surface area contributed by atoms with Crippen molar-refractivity contribution in [1.29, 1.82) is 0 Å². The summed E-state index contributed by atoms with van der Waals surface area (Å²) in [5.41, 5.74) is 7.77. The van der Waals surface area contributed by atoms with Crippen molar-refractivity contribution in [2.24, 2.45) is 5.73 Å². The summed E-state index contributed by atoms with van der Waals surface area (Å²) in [6, 6.07) is 7.46. The fourth-order valence-electron chi connectivity index (χ4n) is 3.34. The van der Waals surface area contributed by atoms with E-state index in [0.29, 0.717) is 16.7 Å². The number of nitrogens with zero attached hydrogens (tertiary/aromatic N) is 4. The monoisotopic (exact) mass is 391 g/mol. The Kier molecular flexibility index (Phi) is 4.34. The van der Waals surface area contributed by atoms with E-state index in [4.69, 9.17) is 10.5 Å². The van der Waals surface area contributed by atoms with Gasteiger partial charge in [0.1, 0.15) is 12.1 Å². The average Bonchev–Trinajstić information content (AvgIpc) is 3.21. The zero-order chi connectivity index (χ0) is 20.8. The van der Waals surface area contributed by atoms with Crippen molar-refractivity contribution in [3.8, 4) is 11.3 Å². The van der Waals surface area contributed by atoms with Crippen LogP contribution in [0.1, 0.15) is 31.1 Å². The molecule has 2 N–H and O–H groups in total. The molecule has 8 nitrogen and oxygen atoms in total. The largest absolute Gasteiger partial charge is 0.459 e. The van der Waals surface area contributed by atoms with Gasteiger partial charge in [-0.3, -0.25) is 14.0 Å². The Labute approximate surface area is 166 Å². The fraction of sp³-hybridized carbons (Fsp3) is 0.238. The number of hydrogen-bond acceptors (Lipinski definition) is 5. The summed E-state index contributed by atoms with van der Waals surface area (Å²) in [6.07, 6.45) is 6.87. The van der Waals surface area contributed by atoms with Crippen LogP contribution in [0, 0.1) is 0 Å². The number of carbonyl (C=O) groups is 2. The molecule has 0 saturated carbocycles. The van der Waals surface area contributed by atoms with Crippen LogP contribution in [0.2, 0.25) is 0 Å². The van der Waals surface area contributed by atoms with Gasteiger partial charge in [-0.15, -0.1) is 0 Å². The normalized spacial score (nSPS) is 11.8. The summed E-state index contributed by atoms with van der Waals surface area (Å²) < 4.78 is 8.94. The second-order valence-electron chi connectivity index (χ2n) is 7.79. The molecule has 1 aromatic carbocycles. The number of ether oxygens (including phenoxy) is 1. The van der Waals surface area contributed by atoms with Crippen LogP contribution >= 0.6 is 0 Å². The van der Waals surface area contributed by atoms with Crippen LogP contribution in [0.25, 0.3) is 27.9 Å². The molecule has 0 aliphatic carbocycles. The quantitative estimate of drug-likeness (QED) is 0.539. The molecule has 0 aliphatic heterocycles. The minimum Gasteiger partial charge on any atom is -0.459 e. The van der Waals surface area contributed by atoms with E-state index in [0.717, 1.165) is 16.8 Å². The molecule has 1 amide bonds. The maximum atomic E-state index is 12.3. The molecule has 0 bridgehead atoms. The van der Waals surface area contributed by atoms with E-state index in [1.54, 1.807) is 23.2 Å². The van der Waals surface area contributed by atoms with Gasteiger partial charge in [-0.05, 0) is 39.0 Å². The van der Waals surface area contributed by atoms with Gasteiger partial charge in [0.25, 0.3) is 5.91 Å². The van der Waals surface area contributed by atoms with Crippen LogP contribution in [0.4, 0.5) is 0 Å². The minimum absolute atomic E-state index is 0.0140. The molecule has 4 aromatic rings. The topological polar surface area (TPSA) is 105 Å². The molecule has 29 heavy (non-hydrogen) atoms. The van der Waals surface area contributed by atoms with Crippen molar-refractivity contribution in [2.75, 3.05) is 0 Å². The molecular weight excluding hydrogens is 370 g/mol. The molecule has 4 rings (SSSR count). The number of imidazole rings is 1. The Hall–Kier alpha value is -3.68. The number of amides is 1. The first-order valence-electron chi connectivity index (χ1n) is 9.16. The Bertz CT molecular complexity index is 1250. The molecule has 0 spiro atoms. The lowest BCUT2D eigenvalue weighted by molar-refractivity contribution is -0.155. The predicted octanol–water partition coefficient (Wildman–Crippen LogP) is 2.79. The summed E-state index contributed by atoms with van der Waals surface area (Å²) >= 11 is 0. The SMILES string of the molecule is CC(C)(C)OC(=O)Cn1cc(C(N)=O)c2cc(-c3cnc4ncccn34)ccc21. The molecule has 0 radical (unpaired) electrons. The van der Waals surface area contributed by atoms with Crippen molar-refractivity contribution in [1.82, 2.24) is 18.9 Å². The van der Waals surface area contributed by atoms with Crippen molar-refractivity contribution in [3.05, 3.63) is 54.6 Å². The number of primary amides is 1. The zero-order valence-electron chi connectivity index (χ0n) is 16.4. The van der Waals surface area contributed by atoms with Crippen LogP contribution in [0.15, 0.2) is 49.1 Å². The van der Waals surface area contributed by atoms with E-state index in [9.17, 15) is 9.59 Å². The van der Waals surface area contributed by atoms with E-state index in [1.807, 2.05) is 55.6 Å². The highest BCUT2D eigenvalue weighted by Crippen LogP contribution is 2.28. The highest BCUT2D eigenvalue weighted by Gasteiger charge is 2.20. The third kappa shape index (κ3) is 3.56. The van der Waals surface area contributed by atoms with Gasteiger partial charge in [-0.1, -0.05) is 6.07 Å². The van der Waals surface area contributed by atoms with Crippen molar-refractivity contribution >= 4 is 28.6 Å². The van der Waals surface area contributed by atoms with Crippen molar-refractivity contribution < 1.29 is 14.3 Å². The number of nitrogens with two attached hydrogens (primary N) is 1. The van der Waals surface area contributed by atoms with E-state index in [2.05, 4.69) is 9.97 Å². The standard InChI is InChI=1S/C21H21N5O3/c1-21(2,3)29-18(27)12-25-11-15(19(22)28)14-9-13(5-6-16(14)25)17-10-24-20-23-7-4-8-26(17)20/h4-11H,12H2,1-3H3,(H2,22,28). The zero-order valence-corrected chi connectivity index (χ0v) is 16.4. The van der Waals surface area contributed by atoms with Gasteiger partial charge in [-0.2, -0.15) is 0 Å². The lowest BCUT2D eigenvalue weighted by atomic mass is 10.1. The van der Waals surface area contributed by atoms with Gasteiger partial charge in [-0.25, -0.2) is 9.97 Å². The average molecular weight is 391 g/mol. The number of aromatic nitrogens is 4. The highest BCUT2D eigenvalue weighted by molar-refractivity contribution is 6.07. The van der Waals surface area contributed by atoms with E-state index < -0.39 is 11.5 Å². The molecule has 0 atom stereocenters. The number of carbonyl (C=O) groups excluding carboxylic acids is 2. The smallest absolute Gasteiger partial charge is 0.326 e. The number of rotatable bonds is 4. The number of fused-ring (bicyclic) bond motifs is 2. The maximum Gasteiger partial charge on any atom is 0.326 e. The molecule has 3 aromatic heterocycles. The van der Waals surface area contributed by atoms with Gasteiger partial charge in [0.2, 0.25) is 5.78 Å². The first kappa shape index (κ1) is 18.7. The lowest BCUT2D eigenvalue weighted by Gasteiger charge is -2.19. The van der Waals surface area contributed by atoms with Gasteiger partial charge < -0.3 is 15.0 Å². The Morgan fingerprint density at radius 3 is 2.72 bits per heavy atom. The summed E-state index contributed by atoms with van der Waals surface area (Å²) in [7, 11) is 0. The predicted molar refractivity (Wildman–Crippen MR) is 108 cm³/mol. The summed E-state index contributed by atoms with van der Waals surface area (Å²) in [4.78, 5) is 32.8. The maximum absolute atomic E-state index is 12.3. The summed E-state index contributed by atoms with van der Waals surface area (Å²) in [5.74, 6) is -0.363. The third-order valence-corrected chi connectivity index (χ3v) is 4.45. The van der Waals surface area contributed by atoms with Gasteiger partial charge >= 0.3 is 5.97 Å². The molecule has 0 unspecified atom stereocenters. The van der Waals surface area contributed by atoms with Gasteiger partial charge in [0, 0.05) is 35.1 Å². The second-order valence-corrected chi connectivity index (χ2v) is 7.79. The summed E-state index contributed by atoms with van der Waals surface area (Å²) in [5, 5.41) is 0.664. The molecule has 3 heterocycles. The minimum atomic E-state index is -0.586. The highest BCUT2D eigenvalue weighted by atomic mass is 16.6. The van der Waals surface area contributed by atoms with Crippen LogP contribution in [0.3, 0.4) is 0 Å². The number of hydrogen-bond donors (Lipinski definition) is 1. The first-order valence-corrected chi connectivity index (χ1v) is 9.16. The Morgan fingerprint density at radius 2 is 2.00 bits per heavy atom. The Morgan fingerprint density at radius 1 is 1.21 bits per heavy atom.